The first-order chi connectivity index (χ1) is 13.1. The second kappa shape index (κ2) is 8.31. The number of amides is 4. The minimum atomic E-state index is -0.854. The van der Waals surface area contributed by atoms with Crippen LogP contribution in [0.3, 0.4) is 0 Å². The molecule has 1 fully saturated rings. The van der Waals surface area contributed by atoms with Gasteiger partial charge in [-0.25, -0.2) is 4.79 Å². The van der Waals surface area contributed by atoms with Gasteiger partial charge in [0.1, 0.15) is 11.8 Å². The summed E-state index contributed by atoms with van der Waals surface area (Å²) in [5.74, 6) is -0.0219. The second-order valence-corrected chi connectivity index (χ2v) is 6.11. The number of ether oxygens (including phenoxy) is 1. The van der Waals surface area contributed by atoms with Crippen LogP contribution in [0.1, 0.15) is 17.5 Å². The van der Waals surface area contributed by atoms with Gasteiger partial charge in [-0.3, -0.25) is 19.5 Å². The lowest BCUT2D eigenvalue weighted by atomic mass is 10.1. The predicted molar refractivity (Wildman–Crippen MR) is 96.6 cm³/mol. The molecule has 1 aromatic heterocycles. The van der Waals surface area contributed by atoms with E-state index in [0.717, 1.165) is 16.0 Å². The van der Waals surface area contributed by atoms with E-state index < -0.39 is 18.0 Å². The number of imide groups is 1. The maximum atomic E-state index is 12.5. The number of nitrogens with one attached hydrogen (secondary N) is 2. The van der Waals surface area contributed by atoms with Crippen molar-refractivity contribution in [3.63, 3.8) is 0 Å². The Kier molecular flexibility index (Phi) is 5.65. The van der Waals surface area contributed by atoms with Gasteiger partial charge < -0.3 is 15.4 Å². The fourth-order valence-electron chi connectivity index (χ4n) is 2.74. The van der Waals surface area contributed by atoms with Crippen LogP contribution in [-0.2, 0) is 22.7 Å². The Morgan fingerprint density at radius 3 is 2.52 bits per heavy atom. The van der Waals surface area contributed by atoms with Crippen LogP contribution in [0.25, 0.3) is 0 Å². The molecule has 1 aliphatic rings. The molecule has 1 saturated heterocycles. The Hall–Kier alpha value is -3.42. The first-order valence-electron chi connectivity index (χ1n) is 8.47. The zero-order chi connectivity index (χ0) is 19.2. The third-order valence-electron chi connectivity index (χ3n) is 4.24. The highest BCUT2D eigenvalue weighted by molar-refractivity contribution is 6.05. The molecule has 0 spiro atoms. The number of methoxy groups -OCH3 is 1. The highest BCUT2D eigenvalue weighted by atomic mass is 16.5. The maximum Gasteiger partial charge on any atom is 0.325 e. The summed E-state index contributed by atoms with van der Waals surface area (Å²) in [7, 11) is 1.57. The number of aromatic nitrogens is 1. The van der Waals surface area contributed by atoms with E-state index in [9.17, 15) is 14.4 Å². The summed E-state index contributed by atoms with van der Waals surface area (Å²) >= 11 is 0. The van der Waals surface area contributed by atoms with Crippen LogP contribution in [-0.4, -0.2) is 40.9 Å². The molecule has 0 saturated carbocycles. The molecular formula is C19H20N4O4. The number of carbonyl (C=O) groups excluding carboxylic acids is 3. The van der Waals surface area contributed by atoms with E-state index in [2.05, 4.69) is 15.6 Å². The fraction of sp³-hybridized carbons (Fsp3) is 0.263. The number of carbonyl (C=O) groups is 3. The number of hydrogen-bond acceptors (Lipinski definition) is 5. The predicted octanol–water partition coefficient (Wildman–Crippen LogP) is 1.22. The molecule has 0 unspecified atom stereocenters. The first kappa shape index (κ1) is 18.4. The number of hydrogen-bond donors (Lipinski definition) is 2. The van der Waals surface area contributed by atoms with Crippen molar-refractivity contribution in [3.05, 3.63) is 59.9 Å². The van der Waals surface area contributed by atoms with Crippen LogP contribution in [0.4, 0.5) is 4.79 Å². The largest absolute Gasteiger partial charge is 0.497 e. The molecule has 2 heterocycles. The molecule has 0 aliphatic carbocycles. The first-order valence-corrected chi connectivity index (χ1v) is 8.47. The molecule has 8 nitrogen and oxygen atoms in total. The van der Waals surface area contributed by atoms with E-state index in [-0.39, 0.29) is 18.9 Å². The topological polar surface area (TPSA) is 101 Å². The Bertz CT molecular complexity index is 823. The number of nitrogens with zero attached hydrogens (tertiary/aromatic N) is 2. The third kappa shape index (κ3) is 4.60. The standard InChI is InChI=1S/C19H20N4O4/c1-27-15-4-2-14(3-5-15)12-23-18(25)16(22-19(23)26)10-17(24)21-11-13-6-8-20-9-7-13/h2-9,16H,10-12H2,1H3,(H,21,24)(H,22,26)/t16-/m0/s1. The van der Waals surface area contributed by atoms with Crippen molar-refractivity contribution >= 4 is 17.8 Å². The van der Waals surface area contributed by atoms with Crippen molar-refractivity contribution in [1.29, 1.82) is 0 Å². The molecule has 27 heavy (non-hydrogen) atoms. The number of benzene rings is 1. The van der Waals surface area contributed by atoms with Crippen LogP contribution < -0.4 is 15.4 Å². The van der Waals surface area contributed by atoms with Crippen molar-refractivity contribution in [2.45, 2.75) is 25.6 Å². The summed E-state index contributed by atoms with van der Waals surface area (Å²) in [6.07, 6.45) is 3.17. The van der Waals surface area contributed by atoms with Gasteiger partial charge in [0.15, 0.2) is 0 Å². The molecule has 2 N–H and O–H groups in total. The monoisotopic (exact) mass is 368 g/mol. The van der Waals surface area contributed by atoms with E-state index in [4.69, 9.17) is 4.74 Å². The molecule has 2 aromatic rings. The molecule has 1 aliphatic heterocycles. The lowest BCUT2D eigenvalue weighted by Gasteiger charge is -2.13. The molecular weight excluding hydrogens is 348 g/mol. The van der Waals surface area contributed by atoms with Crippen LogP contribution in [0.5, 0.6) is 5.75 Å². The van der Waals surface area contributed by atoms with Gasteiger partial charge in [-0.2, -0.15) is 0 Å². The quantitative estimate of drug-likeness (QED) is 0.716. The fourth-order valence-corrected chi connectivity index (χ4v) is 2.74. The molecule has 0 radical (unpaired) electrons. The van der Waals surface area contributed by atoms with Crippen molar-refractivity contribution in [3.8, 4) is 5.75 Å². The molecule has 8 heteroatoms. The Morgan fingerprint density at radius 2 is 1.85 bits per heavy atom. The summed E-state index contributed by atoms with van der Waals surface area (Å²) in [5, 5.41) is 5.30. The Labute approximate surface area is 156 Å². The number of urea groups is 1. The summed E-state index contributed by atoms with van der Waals surface area (Å²) in [4.78, 5) is 41.7. The average molecular weight is 368 g/mol. The van der Waals surface area contributed by atoms with Crippen LogP contribution in [0, 0.1) is 0 Å². The molecule has 1 aromatic carbocycles. The minimum Gasteiger partial charge on any atom is -0.497 e. The van der Waals surface area contributed by atoms with Gasteiger partial charge >= 0.3 is 6.03 Å². The summed E-state index contributed by atoms with van der Waals surface area (Å²) in [5.41, 5.74) is 1.70. The SMILES string of the molecule is COc1ccc(CN2C(=O)N[C@@H](CC(=O)NCc3ccncc3)C2=O)cc1. The van der Waals surface area contributed by atoms with Crippen LogP contribution in [0.2, 0.25) is 0 Å². The number of pyridine rings is 1. The molecule has 0 bridgehead atoms. The third-order valence-corrected chi connectivity index (χ3v) is 4.24. The number of rotatable bonds is 7. The van der Waals surface area contributed by atoms with Crippen LogP contribution >= 0.6 is 0 Å². The van der Waals surface area contributed by atoms with E-state index in [1.54, 1.807) is 55.9 Å². The van der Waals surface area contributed by atoms with Crippen molar-refractivity contribution in [2.24, 2.45) is 0 Å². The van der Waals surface area contributed by atoms with Gasteiger partial charge in [0.2, 0.25) is 5.91 Å². The molecule has 3 rings (SSSR count). The smallest absolute Gasteiger partial charge is 0.325 e. The van der Waals surface area contributed by atoms with Gasteiger partial charge in [-0.05, 0) is 35.4 Å². The second-order valence-electron chi connectivity index (χ2n) is 6.11. The normalized spacial score (nSPS) is 16.2. The Morgan fingerprint density at radius 1 is 1.15 bits per heavy atom. The van der Waals surface area contributed by atoms with Gasteiger partial charge in [-0.1, -0.05) is 12.1 Å². The summed E-state index contributed by atoms with van der Waals surface area (Å²) in [6, 6.07) is 9.33. The van der Waals surface area contributed by atoms with Gasteiger partial charge in [0.25, 0.3) is 5.91 Å². The average Bonchev–Trinajstić information content (AvgIpc) is 2.95. The van der Waals surface area contributed by atoms with Gasteiger partial charge in [0.05, 0.1) is 20.1 Å². The zero-order valence-corrected chi connectivity index (χ0v) is 14.8. The highest BCUT2D eigenvalue weighted by Crippen LogP contribution is 2.17. The molecule has 1 atom stereocenters. The van der Waals surface area contributed by atoms with E-state index in [1.807, 2.05) is 0 Å². The summed E-state index contributed by atoms with van der Waals surface area (Å²) in [6.45, 7) is 0.482. The lowest BCUT2D eigenvalue weighted by Crippen LogP contribution is -2.36. The molecule has 4 amide bonds. The van der Waals surface area contributed by atoms with E-state index in [0.29, 0.717) is 12.3 Å². The van der Waals surface area contributed by atoms with E-state index in [1.165, 1.54) is 0 Å². The molecule has 140 valence electrons. The van der Waals surface area contributed by atoms with Gasteiger partial charge in [0, 0.05) is 18.9 Å². The van der Waals surface area contributed by atoms with Crippen LogP contribution in [0.15, 0.2) is 48.8 Å². The highest BCUT2D eigenvalue weighted by Gasteiger charge is 2.38. The zero-order valence-electron chi connectivity index (χ0n) is 14.8. The maximum absolute atomic E-state index is 12.5. The summed E-state index contributed by atoms with van der Waals surface area (Å²) < 4.78 is 5.09. The van der Waals surface area contributed by atoms with E-state index >= 15 is 0 Å². The lowest BCUT2D eigenvalue weighted by molar-refractivity contribution is -0.131. The van der Waals surface area contributed by atoms with Crippen molar-refractivity contribution < 1.29 is 19.1 Å². The minimum absolute atomic E-state index is 0.102. The van der Waals surface area contributed by atoms with Crippen molar-refractivity contribution in [1.82, 2.24) is 20.5 Å². The Balaban J connectivity index is 1.54. The van der Waals surface area contributed by atoms with Gasteiger partial charge in [-0.15, -0.1) is 0 Å². The van der Waals surface area contributed by atoms with Crippen molar-refractivity contribution in [2.75, 3.05) is 7.11 Å².